The van der Waals surface area contributed by atoms with Gasteiger partial charge < -0.3 is 24.3 Å². The van der Waals surface area contributed by atoms with Crippen LogP contribution in [0.4, 0.5) is 13.2 Å². The Morgan fingerprint density at radius 1 is 1.32 bits per heavy atom. The molecule has 1 fully saturated rings. The number of alkyl halides is 2. The number of ether oxygens (including phenoxy) is 2. The van der Waals surface area contributed by atoms with Crippen molar-refractivity contribution in [1.82, 2.24) is 4.57 Å². The van der Waals surface area contributed by atoms with E-state index in [9.17, 15) is 23.8 Å². The Balaban J connectivity index is 1.75. The second-order valence-electron chi connectivity index (χ2n) is 9.18. The molecule has 0 spiro atoms. The number of aromatic nitrogens is 1. The van der Waals surface area contributed by atoms with E-state index in [1.165, 1.54) is 18.2 Å². The first-order chi connectivity index (χ1) is 21.7. The number of fused-ring (bicyclic) bond motifs is 2. The summed E-state index contributed by atoms with van der Waals surface area (Å²) in [6, 6.07) is 0.432. The van der Waals surface area contributed by atoms with E-state index >= 15 is 4.39 Å². The molecule has 3 aromatic rings. The molecule has 9 heteroatoms. The van der Waals surface area contributed by atoms with Crippen LogP contribution in [0.3, 0.4) is 0 Å². The molecule has 2 aromatic carbocycles. The van der Waals surface area contributed by atoms with Gasteiger partial charge in [-0.3, -0.25) is 4.79 Å². The van der Waals surface area contributed by atoms with Crippen LogP contribution in [0.5, 0.6) is 11.5 Å². The largest absolute Gasteiger partial charge is 0.586 e. The molecule has 0 saturated heterocycles. The average molecular weight is 529 g/mol. The lowest BCUT2D eigenvalue weighted by Gasteiger charge is -2.26. The van der Waals surface area contributed by atoms with Crippen molar-refractivity contribution in [3.05, 3.63) is 59.0 Å². The number of hydrogen-bond acceptors (Lipinski definition) is 5. The molecule has 2 atom stereocenters. The van der Waals surface area contributed by atoms with E-state index in [0.29, 0.717) is 0 Å². The molecule has 37 heavy (non-hydrogen) atoms. The predicted molar refractivity (Wildman–Crippen MR) is 131 cm³/mol. The second kappa shape index (κ2) is 8.77. The van der Waals surface area contributed by atoms with Crippen molar-refractivity contribution in [2.75, 3.05) is 6.61 Å². The third-order valence-electron chi connectivity index (χ3n) is 6.64. The van der Waals surface area contributed by atoms with Gasteiger partial charge in [-0.1, -0.05) is 26.8 Å². The normalized spacial score (nSPS) is 25.9. The van der Waals surface area contributed by atoms with Crippen molar-refractivity contribution in [1.29, 1.82) is 0 Å². The first-order valence-electron chi connectivity index (χ1n) is 16.8. The maximum absolute atomic E-state index is 16.2. The highest BCUT2D eigenvalue weighted by molar-refractivity contribution is 5.95. The van der Waals surface area contributed by atoms with E-state index in [2.05, 4.69) is 9.47 Å². The number of aliphatic hydroxyl groups excluding tert-OH is 1. The van der Waals surface area contributed by atoms with Crippen LogP contribution in [0.15, 0.2) is 36.3 Å². The maximum Gasteiger partial charge on any atom is 0.586 e. The number of benzene rings is 2. The minimum absolute atomic E-state index is 0.113. The van der Waals surface area contributed by atoms with Gasteiger partial charge in [-0.2, -0.15) is 0 Å². The number of rotatable bonds is 9. The van der Waals surface area contributed by atoms with Crippen LogP contribution >= 0.6 is 0 Å². The van der Waals surface area contributed by atoms with Crippen LogP contribution in [-0.4, -0.2) is 39.5 Å². The van der Waals surface area contributed by atoms with Gasteiger partial charge in [0.25, 0.3) is 0 Å². The van der Waals surface area contributed by atoms with Gasteiger partial charge in [0.05, 0.1) is 38.3 Å². The lowest BCUT2D eigenvalue weighted by atomic mass is 9.86. The van der Waals surface area contributed by atoms with Crippen LogP contribution in [-0.2, 0) is 28.5 Å². The number of halogens is 3. The molecule has 1 aliphatic carbocycles. The number of carbonyl (C=O) groups is 1. The fourth-order valence-corrected chi connectivity index (χ4v) is 4.35. The van der Waals surface area contributed by atoms with Crippen LogP contribution in [0.25, 0.3) is 10.9 Å². The topological polar surface area (TPSA) is 80.9 Å². The van der Waals surface area contributed by atoms with E-state index < -0.39 is 108 Å². The van der Waals surface area contributed by atoms with Gasteiger partial charge in [-0.05, 0) is 60.6 Å². The standard InChI is InChI=1S/C28H30F3NO5/c1-4-26(2,3)24-10-17-9-16(20(29)13-21(17)32(24)14-19(34)15-33)11-25(35)27(7-8-27)18-5-6-22-23(12-18)37-28(30,31)36-22/h5-6,9-10,12-13,19,33-34H,4,7-8,11,14-15H2,1-3H3/t19-/m1/s1/i2D3,4D2,9D,10D,13D,14D2,19D/t19-,26?. The van der Waals surface area contributed by atoms with Crippen molar-refractivity contribution in [2.24, 2.45) is 0 Å². The molecule has 2 N–H and O–H groups in total. The summed E-state index contributed by atoms with van der Waals surface area (Å²) >= 11 is 0. The smallest absolute Gasteiger partial charge is 0.395 e. The molecule has 1 aliphatic heterocycles. The summed E-state index contributed by atoms with van der Waals surface area (Å²) in [7, 11) is 0. The molecule has 0 radical (unpaired) electrons. The Kier molecular flexibility index (Phi) is 3.65. The molecule has 0 amide bonds. The molecule has 1 aromatic heterocycles. The van der Waals surface area contributed by atoms with Gasteiger partial charge in [0.2, 0.25) is 0 Å². The monoisotopic (exact) mass is 528 g/mol. The third-order valence-corrected chi connectivity index (χ3v) is 6.64. The van der Waals surface area contributed by atoms with E-state index in [-0.39, 0.29) is 34.5 Å². The summed E-state index contributed by atoms with van der Waals surface area (Å²) in [5.41, 5.74) is -6.76. The fraction of sp³-hybridized carbons (Fsp3) is 0.464. The molecule has 2 heterocycles. The van der Waals surface area contributed by atoms with Crippen LogP contribution < -0.4 is 9.47 Å². The van der Waals surface area contributed by atoms with Gasteiger partial charge >= 0.3 is 6.29 Å². The molecule has 0 bridgehead atoms. The summed E-state index contributed by atoms with van der Waals surface area (Å²) < 4.78 is 146. The van der Waals surface area contributed by atoms with Crippen molar-refractivity contribution in [3.8, 4) is 11.5 Å². The van der Waals surface area contributed by atoms with Crippen molar-refractivity contribution < 1.29 is 52.7 Å². The van der Waals surface area contributed by atoms with Crippen molar-refractivity contribution in [2.45, 2.75) is 76.0 Å². The minimum Gasteiger partial charge on any atom is -0.395 e. The van der Waals surface area contributed by atoms with E-state index in [0.717, 1.165) is 13.8 Å². The predicted octanol–water partition coefficient (Wildman–Crippen LogP) is 4.99. The summed E-state index contributed by atoms with van der Waals surface area (Å²) in [6.45, 7) is -7.04. The number of ketones is 1. The Labute approximate surface area is 228 Å². The van der Waals surface area contributed by atoms with Crippen LogP contribution in [0, 0.1) is 5.82 Å². The lowest BCUT2D eigenvalue weighted by Crippen LogP contribution is -2.26. The molecule has 198 valence electrons. The number of aliphatic hydroxyl groups is 2. The minimum atomic E-state index is -3.93. The molecule has 5 rings (SSSR count). The second-order valence-corrected chi connectivity index (χ2v) is 9.18. The maximum atomic E-state index is 16.2. The van der Waals surface area contributed by atoms with Gasteiger partial charge in [0.15, 0.2) is 11.5 Å². The number of Topliss-reactive ketones (excluding diaryl/α,β-unsaturated/α-hetero) is 1. The average Bonchev–Trinajstić information content (AvgIpc) is 3.62. The third kappa shape index (κ3) is 4.48. The molecule has 1 saturated carbocycles. The van der Waals surface area contributed by atoms with Crippen LogP contribution in [0.2, 0.25) is 0 Å². The molecular formula is C28H30F3NO5. The SMILES string of the molecule is [2H]c1c(CC(=O)C2(c3ccc4c(c3)OC(F)(F)O4)CC2)c(F)c([2H])c2c1c([2H])c(C(C)(C([2H])([2H])[2H])C([2H])([2H])C)n2C([2H])([2H])[C@@]([2H])(O)CO. The van der Waals surface area contributed by atoms with Gasteiger partial charge in [-0.25, -0.2) is 4.39 Å². The quantitative estimate of drug-likeness (QED) is 0.409. The zero-order chi connectivity index (χ0) is 36.4. The first kappa shape index (κ1) is 15.4. The highest BCUT2D eigenvalue weighted by atomic mass is 19.3. The first-order valence-corrected chi connectivity index (χ1v) is 11.3. The molecule has 2 aliphatic rings. The van der Waals surface area contributed by atoms with E-state index in [4.69, 9.17) is 15.1 Å². The molecule has 6 nitrogen and oxygen atoms in total. The zero-order valence-electron chi connectivity index (χ0n) is 30.8. The molecular weight excluding hydrogens is 487 g/mol. The Hall–Kier alpha value is -3.04. The lowest BCUT2D eigenvalue weighted by molar-refractivity contribution is -0.286. The van der Waals surface area contributed by atoms with E-state index in [1.54, 1.807) is 0 Å². The number of carbonyl (C=O) groups excluding carboxylic acids is 1. The van der Waals surface area contributed by atoms with Crippen molar-refractivity contribution in [3.63, 3.8) is 0 Å². The summed E-state index contributed by atoms with van der Waals surface area (Å²) in [6.07, 6.45) is -10.8. The highest BCUT2D eigenvalue weighted by Crippen LogP contribution is 2.52. The molecule has 1 unspecified atom stereocenters. The van der Waals surface area contributed by atoms with Crippen molar-refractivity contribution >= 4 is 16.7 Å². The van der Waals surface area contributed by atoms with Gasteiger partial charge in [0, 0.05) is 29.8 Å². The van der Waals surface area contributed by atoms with Gasteiger partial charge in [-0.15, -0.1) is 8.78 Å². The number of hydrogen-bond donors (Lipinski definition) is 2. The zero-order valence-corrected chi connectivity index (χ0v) is 19.8. The summed E-state index contributed by atoms with van der Waals surface area (Å²) in [5.74, 6) is -2.89. The highest BCUT2D eigenvalue weighted by Gasteiger charge is 2.52. The Bertz CT molecular complexity index is 1840. The van der Waals surface area contributed by atoms with E-state index in [1.807, 2.05) is 0 Å². The Morgan fingerprint density at radius 2 is 2.05 bits per heavy atom. The van der Waals surface area contributed by atoms with Gasteiger partial charge in [0.1, 0.15) is 11.6 Å². The fourth-order valence-electron chi connectivity index (χ4n) is 4.35. The summed E-state index contributed by atoms with van der Waals surface area (Å²) in [4.78, 5) is 13.7. The number of nitrogens with zero attached hydrogens (tertiary/aromatic N) is 1. The summed E-state index contributed by atoms with van der Waals surface area (Å²) in [5, 5.41) is 19.5. The van der Waals surface area contributed by atoms with Crippen LogP contribution in [0.1, 0.15) is 71.8 Å². The Morgan fingerprint density at radius 3 is 2.70 bits per heavy atom.